The largest absolute Gasteiger partial charge is 0.433 e. The Kier molecular flexibility index (Phi) is 6.74. The summed E-state index contributed by atoms with van der Waals surface area (Å²) in [6.45, 7) is -0.887. The molecule has 0 aromatic carbocycles. The first-order chi connectivity index (χ1) is 10.8. The Balaban J connectivity index is 2.57. The third kappa shape index (κ3) is 5.08. The molecule has 6 N–H and O–H groups in total. The van der Waals surface area contributed by atoms with Crippen LogP contribution in [0, 0.1) is 10.1 Å². The van der Waals surface area contributed by atoms with Crippen molar-refractivity contribution in [3.63, 3.8) is 0 Å². The summed E-state index contributed by atoms with van der Waals surface area (Å²) in [5.74, 6) is -1.81. The predicted octanol–water partition coefficient (Wildman–Crippen LogP) is -2.93. The van der Waals surface area contributed by atoms with Crippen LogP contribution >= 0.6 is 0 Å². The van der Waals surface area contributed by atoms with Gasteiger partial charge in [0.1, 0.15) is 23.2 Å². The van der Waals surface area contributed by atoms with Crippen LogP contribution in [0.1, 0.15) is 5.76 Å². The van der Waals surface area contributed by atoms with Crippen molar-refractivity contribution in [1.29, 1.82) is 0 Å². The van der Waals surface area contributed by atoms with Crippen LogP contribution in [0.5, 0.6) is 0 Å². The topological polar surface area (TPSA) is 199 Å². The predicted molar refractivity (Wildman–Crippen MR) is 72.2 cm³/mol. The van der Waals surface area contributed by atoms with Crippen LogP contribution in [0.15, 0.2) is 21.7 Å². The average Bonchev–Trinajstić information content (AvgIpc) is 3.00. The lowest BCUT2D eigenvalue weighted by Gasteiger charge is -2.24. The summed E-state index contributed by atoms with van der Waals surface area (Å²) in [5.41, 5.74) is 1.80. The van der Waals surface area contributed by atoms with Gasteiger partial charge in [0.25, 0.3) is 5.91 Å². The summed E-state index contributed by atoms with van der Waals surface area (Å²) in [4.78, 5) is 21.1. The fourth-order valence-electron chi connectivity index (χ4n) is 1.41. The zero-order chi connectivity index (χ0) is 17.6. The molecule has 0 saturated carbocycles. The Morgan fingerprint density at radius 1 is 1.35 bits per heavy atom. The molecule has 12 nitrogen and oxygen atoms in total. The fraction of sp³-hybridized carbons (Fsp3) is 0.455. The van der Waals surface area contributed by atoms with E-state index in [1.54, 1.807) is 5.43 Å². The highest BCUT2D eigenvalue weighted by atomic mass is 16.6. The van der Waals surface area contributed by atoms with E-state index in [2.05, 4.69) is 5.10 Å². The number of hydrogen-bond acceptors (Lipinski definition) is 10. The molecule has 0 spiro atoms. The maximum absolute atomic E-state index is 11.5. The van der Waals surface area contributed by atoms with Crippen LogP contribution in [0.2, 0.25) is 0 Å². The molecule has 1 amide bonds. The Hall–Kier alpha value is -2.38. The smallest absolute Gasteiger partial charge is 0.400 e. The van der Waals surface area contributed by atoms with E-state index in [1.165, 1.54) is 6.07 Å². The molecule has 0 fully saturated rings. The molecule has 23 heavy (non-hydrogen) atoms. The number of furan rings is 1. The first-order valence-corrected chi connectivity index (χ1v) is 6.18. The number of aliphatic hydroxyl groups is 5. The minimum absolute atomic E-state index is 0.0530. The van der Waals surface area contributed by atoms with E-state index in [9.17, 15) is 30.2 Å². The fourth-order valence-corrected chi connectivity index (χ4v) is 1.41. The number of aliphatic hydroxyl groups excluding tert-OH is 5. The number of amides is 1. The maximum atomic E-state index is 11.5. The molecule has 12 heteroatoms. The minimum Gasteiger partial charge on any atom is -0.400 e. The zero-order valence-electron chi connectivity index (χ0n) is 11.5. The lowest BCUT2D eigenvalue weighted by atomic mass is 10.0. The van der Waals surface area contributed by atoms with Crippen LogP contribution in [0.3, 0.4) is 0 Å². The lowest BCUT2D eigenvalue weighted by Crippen LogP contribution is -2.50. The van der Waals surface area contributed by atoms with Crippen molar-refractivity contribution in [3.8, 4) is 0 Å². The van der Waals surface area contributed by atoms with Gasteiger partial charge in [0, 0.05) is 0 Å². The summed E-state index contributed by atoms with van der Waals surface area (Å²) in [6, 6.07) is 2.27. The Morgan fingerprint density at radius 3 is 2.52 bits per heavy atom. The molecule has 1 rings (SSSR count). The van der Waals surface area contributed by atoms with E-state index in [0.717, 1.165) is 12.3 Å². The second-order valence-corrected chi connectivity index (χ2v) is 4.34. The number of nitro groups is 1. The van der Waals surface area contributed by atoms with Gasteiger partial charge in [0.05, 0.1) is 18.9 Å². The summed E-state index contributed by atoms with van der Waals surface area (Å²) in [7, 11) is 0. The standard InChI is InChI=1S/C11H15N3O9/c15-4-6(16)8(17)9(18)10(19)11(20)13-12-3-5-1-2-7(23-5)14(21)22/h1-3,6,8-10,15-19H,4H2,(H,13,20)/b12-3+/t6-,8-,9+,10-/m1/s1. The van der Waals surface area contributed by atoms with Gasteiger partial charge >= 0.3 is 5.88 Å². The number of nitrogens with one attached hydrogen (secondary N) is 1. The molecule has 0 aliphatic carbocycles. The zero-order valence-corrected chi connectivity index (χ0v) is 11.5. The van der Waals surface area contributed by atoms with Gasteiger partial charge in [-0.1, -0.05) is 0 Å². The van der Waals surface area contributed by atoms with Crippen molar-refractivity contribution in [3.05, 3.63) is 28.0 Å². The molecule has 1 aromatic rings. The molecular formula is C11H15N3O9. The van der Waals surface area contributed by atoms with E-state index in [1.807, 2.05) is 0 Å². The summed E-state index contributed by atoms with van der Waals surface area (Å²) < 4.78 is 4.71. The summed E-state index contributed by atoms with van der Waals surface area (Å²) in [5, 5.41) is 59.7. The number of hydrazone groups is 1. The first-order valence-electron chi connectivity index (χ1n) is 6.18. The third-order valence-electron chi connectivity index (χ3n) is 2.68. The Labute approximate surface area is 128 Å². The van der Waals surface area contributed by atoms with Gasteiger partial charge in [-0.25, -0.2) is 5.43 Å². The van der Waals surface area contributed by atoms with Crippen molar-refractivity contribution >= 4 is 18.0 Å². The van der Waals surface area contributed by atoms with Gasteiger partial charge in [0.15, 0.2) is 11.9 Å². The highest BCUT2D eigenvalue weighted by Gasteiger charge is 2.34. The summed E-state index contributed by atoms with van der Waals surface area (Å²) >= 11 is 0. The number of rotatable bonds is 8. The van der Waals surface area contributed by atoms with Gasteiger partial charge in [-0.3, -0.25) is 14.9 Å². The van der Waals surface area contributed by atoms with E-state index in [0.29, 0.717) is 0 Å². The van der Waals surface area contributed by atoms with Crippen LogP contribution in [0.4, 0.5) is 5.88 Å². The number of hydrogen-bond donors (Lipinski definition) is 6. The number of nitrogens with zero attached hydrogens (tertiary/aromatic N) is 2. The molecule has 1 heterocycles. The van der Waals surface area contributed by atoms with Crippen molar-refractivity contribution in [2.75, 3.05) is 6.61 Å². The molecule has 0 saturated heterocycles. The number of carbonyl (C=O) groups excluding carboxylic acids is 1. The van der Waals surface area contributed by atoms with Crippen LogP contribution < -0.4 is 5.43 Å². The Bertz CT molecular complexity index is 573. The second kappa shape index (κ2) is 8.30. The lowest BCUT2D eigenvalue weighted by molar-refractivity contribution is -0.402. The van der Waals surface area contributed by atoms with E-state index in [4.69, 9.17) is 14.6 Å². The van der Waals surface area contributed by atoms with Crippen LogP contribution in [-0.2, 0) is 4.79 Å². The molecule has 4 atom stereocenters. The van der Waals surface area contributed by atoms with Gasteiger partial charge in [-0.05, 0) is 6.07 Å². The van der Waals surface area contributed by atoms with Gasteiger partial charge < -0.3 is 29.9 Å². The third-order valence-corrected chi connectivity index (χ3v) is 2.68. The van der Waals surface area contributed by atoms with Crippen molar-refractivity contribution < 1.29 is 39.7 Å². The van der Waals surface area contributed by atoms with Gasteiger partial charge in [0.2, 0.25) is 0 Å². The SMILES string of the molecule is O=C(N/N=C/c1ccc([N+](=O)[O-])o1)[C@H](O)[C@@H](O)[C@H](O)[C@H](O)CO. The second-order valence-electron chi connectivity index (χ2n) is 4.34. The molecule has 1 aromatic heterocycles. The molecule has 0 bridgehead atoms. The normalized spacial score (nSPS) is 16.7. The highest BCUT2D eigenvalue weighted by molar-refractivity contribution is 5.83. The van der Waals surface area contributed by atoms with Crippen molar-refractivity contribution in [2.24, 2.45) is 5.10 Å². The molecule has 0 aliphatic heterocycles. The van der Waals surface area contributed by atoms with Gasteiger partial charge in [-0.2, -0.15) is 5.10 Å². The molecule has 0 aliphatic rings. The monoisotopic (exact) mass is 333 g/mol. The van der Waals surface area contributed by atoms with Crippen LogP contribution in [-0.4, -0.2) is 73.6 Å². The average molecular weight is 333 g/mol. The molecule has 0 unspecified atom stereocenters. The van der Waals surface area contributed by atoms with E-state index >= 15 is 0 Å². The maximum Gasteiger partial charge on any atom is 0.433 e. The van der Waals surface area contributed by atoms with Crippen molar-refractivity contribution in [1.82, 2.24) is 5.43 Å². The molecule has 0 radical (unpaired) electrons. The van der Waals surface area contributed by atoms with Gasteiger partial charge in [-0.15, -0.1) is 0 Å². The minimum atomic E-state index is -2.14. The number of carbonyl (C=O) groups is 1. The summed E-state index contributed by atoms with van der Waals surface area (Å²) in [6.07, 6.45) is -7.02. The highest BCUT2D eigenvalue weighted by Crippen LogP contribution is 2.13. The molecular weight excluding hydrogens is 318 g/mol. The van der Waals surface area contributed by atoms with Crippen LogP contribution in [0.25, 0.3) is 0 Å². The van der Waals surface area contributed by atoms with E-state index < -0.39 is 47.7 Å². The van der Waals surface area contributed by atoms with E-state index in [-0.39, 0.29) is 5.76 Å². The van der Waals surface area contributed by atoms with Crippen molar-refractivity contribution in [2.45, 2.75) is 24.4 Å². The first kappa shape index (κ1) is 18.7. The molecule has 128 valence electrons. The quantitative estimate of drug-likeness (QED) is 0.164. The Morgan fingerprint density at radius 2 is 2.00 bits per heavy atom.